The van der Waals surface area contributed by atoms with Crippen molar-refractivity contribution in [2.24, 2.45) is 5.73 Å². The minimum atomic E-state index is -0.568. The average molecular weight is 228 g/mol. The van der Waals surface area contributed by atoms with Gasteiger partial charge in [-0.15, -0.1) is 0 Å². The quantitative estimate of drug-likeness (QED) is 0.728. The molecule has 0 atom stereocenters. The van der Waals surface area contributed by atoms with Crippen LogP contribution in [0.5, 0.6) is 0 Å². The van der Waals surface area contributed by atoms with Gasteiger partial charge in [-0.05, 0) is 39.7 Å². The van der Waals surface area contributed by atoms with E-state index in [0.717, 1.165) is 26.1 Å². The van der Waals surface area contributed by atoms with Gasteiger partial charge in [-0.1, -0.05) is 19.8 Å². The first kappa shape index (κ1) is 13.9. The molecule has 0 aromatic heterocycles. The van der Waals surface area contributed by atoms with Crippen LogP contribution in [0.15, 0.2) is 0 Å². The topological polar surface area (TPSA) is 49.5 Å². The molecule has 0 saturated heterocycles. The lowest BCUT2D eigenvalue weighted by atomic mass is 9.93. The van der Waals surface area contributed by atoms with E-state index in [9.17, 15) is 5.11 Å². The monoisotopic (exact) mass is 228 g/mol. The van der Waals surface area contributed by atoms with Crippen LogP contribution in [0.2, 0.25) is 0 Å². The van der Waals surface area contributed by atoms with E-state index >= 15 is 0 Å². The maximum atomic E-state index is 9.80. The van der Waals surface area contributed by atoms with E-state index in [1.807, 2.05) is 13.8 Å². The largest absolute Gasteiger partial charge is 0.390 e. The molecular weight excluding hydrogens is 200 g/mol. The van der Waals surface area contributed by atoms with E-state index in [4.69, 9.17) is 5.73 Å². The van der Waals surface area contributed by atoms with Crippen LogP contribution in [-0.4, -0.2) is 40.8 Å². The summed E-state index contributed by atoms with van der Waals surface area (Å²) in [6.07, 6.45) is 5.88. The predicted molar refractivity (Wildman–Crippen MR) is 68.4 cm³/mol. The van der Waals surface area contributed by atoms with Crippen molar-refractivity contribution in [2.75, 3.05) is 19.6 Å². The zero-order chi connectivity index (χ0) is 12.2. The van der Waals surface area contributed by atoms with Crippen molar-refractivity contribution in [3.05, 3.63) is 0 Å². The van der Waals surface area contributed by atoms with Crippen molar-refractivity contribution in [1.82, 2.24) is 4.90 Å². The number of nitrogens with two attached hydrogens (primary N) is 1. The molecule has 0 spiro atoms. The molecule has 0 aromatic rings. The normalized spacial score (nSPS) is 20.6. The highest BCUT2D eigenvalue weighted by Gasteiger charge is 2.37. The Balaban J connectivity index is 2.58. The highest BCUT2D eigenvalue weighted by atomic mass is 16.3. The number of aliphatic hydroxyl groups is 1. The summed E-state index contributed by atoms with van der Waals surface area (Å²) < 4.78 is 0. The van der Waals surface area contributed by atoms with Gasteiger partial charge >= 0.3 is 0 Å². The molecular formula is C13H28N2O. The summed E-state index contributed by atoms with van der Waals surface area (Å²) in [4.78, 5) is 2.48. The first-order valence-corrected chi connectivity index (χ1v) is 6.61. The fraction of sp³-hybridized carbons (Fsp3) is 1.00. The van der Waals surface area contributed by atoms with Crippen LogP contribution >= 0.6 is 0 Å². The lowest BCUT2D eigenvalue weighted by molar-refractivity contribution is 0.0331. The summed E-state index contributed by atoms with van der Waals surface area (Å²) in [5.41, 5.74) is 5.64. The Hall–Kier alpha value is -0.120. The third kappa shape index (κ3) is 3.44. The van der Waals surface area contributed by atoms with Gasteiger partial charge in [0.2, 0.25) is 0 Å². The summed E-state index contributed by atoms with van der Waals surface area (Å²) in [6.45, 7) is 8.70. The van der Waals surface area contributed by atoms with Crippen LogP contribution in [0.3, 0.4) is 0 Å². The Morgan fingerprint density at radius 2 is 1.88 bits per heavy atom. The highest BCUT2D eigenvalue weighted by molar-refractivity contribution is 4.95. The van der Waals surface area contributed by atoms with E-state index in [2.05, 4.69) is 11.8 Å². The summed E-state index contributed by atoms with van der Waals surface area (Å²) in [5.74, 6) is 0. The van der Waals surface area contributed by atoms with Gasteiger partial charge in [0, 0.05) is 18.6 Å². The summed E-state index contributed by atoms with van der Waals surface area (Å²) >= 11 is 0. The van der Waals surface area contributed by atoms with E-state index in [0.29, 0.717) is 0 Å². The molecule has 0 radical (unpaired) electrons. The molecule has 0 aromatic carbocycles. The zero-order valence-electron chi connectivity index (χ0n) is 11.1. The molecule has 1 rings (SSSR count). The molecule has 3 nitrogen and oxygen atoms in total. The Bertz CT molecular complexity index is 204. The molecule has 1 aliphatic rings. The van der Waals surface area contributed by atoms with Gasteiger partial charge in [-0.2, -0.15) is 0 Å². The van der Waals surface area contributed by atoms with E-state index < -0.39 is 5.60 Å². The Morgan fingerprint density at radius 3 is 2.25 bits per heavy atom. The SMILES string of the molecule is CCN(CCC(C)(C)O)C1(CN)CCCC1. The van der Waals surface area contributed by atoms with Gasteiger partial charge < -0.3 is 10.8 Å². The van der Waals surface area contributed by atoms with Crippen molar-refractivity contribution < 1.29 is 5.11 Å². The van der Waals surface area contributed by atoms with Gasteiger partial charge in [0.25, 0.3) is 0 Å². The van der Waals surface area contributed by atoms with Gasteiger partial charge in [0.05, 0.1) is 5.60 Å². The maximum absolute atomic E-state index is 9.80. The molecule has 0 aliphatic heterocycles. The number of likely N-dealkylation sites (N-methyl/N-ethyl adjacent to an activating group) is 1. The summed E-state index contributed by atoms with van der Waals surface area (Å²) in [5, 5.41) is 9.80. The average Bonchev–Trinajstić information content (AvgIpc) is 2.67. The molecule has 3 N–H and O–H groups in total. The van der Waals surface area contributed by atoms with Crippen molar-refractivity contribution in [1.29, 1.82) is 0 Å². The smallest absolute Gasteiger partial charge is 0.0603 e. The van der Waals surface area contributed by atoms with Gasteiger partial charge in [0.1, 0.15) is 0 Å². The van der Waals surface area contributed by atoms with Crippen molar-refractivity contribution in [3.63, 3.8) is 0 Å². The first-order valence-electron chi connectivity index (χ1n) is 6.61. The standard InChI is InChI=1S/C13H28N2O/c1-4-15(10-9-12(2,3)16)13(11-14)7-5-6-8-13/h16H,4-11,14H2,1-3H3. The molecule has 1 aliphatic carbocycles. The number of hydrogen-bond acceptors (Lipinski definition) is 3. The molecule has 1 fully saturated rings. The number of nitrogens with zero attached hydrogens (tertiary/aromatic N) is 1. The highest BCUT2D eigenvalue weighted by Crippen LogP contribution is 2.34. The van der Waals surface area contributed by atoms with E-state index in [1.54, 1.807) is 0 Å². The van der Waals surface area contributed by atoms with Crippen LogP contribution in [0.1, 0.15) is 52.9 Å². The van der Waals surface area contributed by atoms with Crippen molar-refractivity contribution in [2.45, 2.75) is 64.0 Å². The maximum Gasteiger partial charge on any atom is 0.0603 e. The molecule has 16 heavy (non-hydrogen) atoms. The van der Waals surface area contributed by atoms with Crippen molar-refractivity contribution in [3.8, 4) is 0 Å². The summed E-state index contributed by atoms with van der Waals surface area (Å²) in [7, 11) is 0. The minimum Gasteiger partial charge on any atom is -0.390 e. The van der Waals surface area contributed by atoms with Crippen LogP contribution in [0.25, 0.3) is 0 Å². The molecule has 1 saturated carbocycles. The summed E-state index contributed by atoms with van der Waals surface area (Å²) in [6, 6.07) is 0. The van der Waals surface area contributed by atoms with Crippen LogP contribution < -0.4 is 5.73 Å². The van der Waals surface area contributed by atoms with Gasteiger partial charge in [0.15, 0.2) is 0 Å². The zero-order valence-corrected chi connectivity index (χ0v) is 11.1. The Labute approximate surface area is 100 Å². The third-order valence-corrected chi connectivity index (χ3v) is 3.96. The predicted octanol–water partition coefficient (Wildman–Crippen LogP) is 1.74. The molecule has 96 valence electrons. The molecule has 0 bridgehead atoms. The van der Waals surface area contributed by atoms with Crippen LogP contribution in [0, 0.1) is 0 Å². The Kier molecular flexibility index (Phi) is 4.77. The van der Waals surface area contributed by atoms with E-state index in [-0.39, 0.29) is 5.54 Å². The number of rotatable bonds is 6. The molecule has 0 amide bonds. The molecule has 3 heteroatoms. The number of hydrogen-bond donors (Lipinski definition) is 2. The fourth-order valence-electron chi connectivity index (χ4n) is 2.82. The first-order chi connectivity index (χ1) is 7.43. The molecule has 0 unspecified atom stereocenters. The van der Waals surface area contributed by atoms with E-state index in [1.165, 1.54) is 25.7 Å². The minimum absolute atomic E-state index is 0.222. The Morgan fingerprint density at radius 1 is 1.31 bits per heavy atom. The van der Waals surface area contributed by atoms with Crippen LogP contribution in [-0.2, 0) is 0 Å². The second-order valence-corrected chi connectivity index (χ2v) is 5.78. The van der Waals surface area contributed by atoms with Gasteiger partial charge in [-0.3, -0.25) is 4.90 Å². The van der Waals surface area contributed by atoms with Crippen LogP contribution in [0.4, 0.5) is 0 Å². The van der Waals surface area contributed by atoms with Gasteiger partial charge in [-0.25, -0.2) is 0 Å². The second kappa shape index (κ2) is 5.48. The fourth-order valence-corrected chi connectivity index (χ4v) is 2.82. The second-order valence-electron chi connectivity index (χ2n) is 5.78. The molecule has 0 heterocycles. The van der Waals surface area contributed by atoms with Crippen molar-refractivity contribution >= 4 is 0 Å². The lowest BCUT2D eigenvalue weighted by Crippen LogP contribution is -2.53. The third-order valence-electron chi connectivity index (χ3n) is 3.96. The lowest BCUT2D eigenvalue weighted by Gasteiger charge is -2.41.